The van der Waals surface area contributed by atoms with Gasteiger partial charge in [0.1, 0.15) is 36.2 Å². The Morgan fingerprint density at radius 2 is 1.61 bits per heavy atom. The number of aliphatic hydroxyl groups excluding tert-OH is 1. The second-order valence-corrected chi connectivity index (χ2v) is 19.9. The maximum absolute atomic E-state index is 14.4. The predicted molar refractivity (Wildman–Crippen MR) is 254 cm³/mol. The molecule has 2 saturated heterocycles. The van der Waals surface area contributed by atoms with Crippen LogP contribution in [0.3, 0.4) is 0 Å². The largest absolute Gasteiger partial charge is 0.496 e. The number of cyclic esters (lactones) is 1. The molecular weight excluding hydrogens is 859 g/mol. The molecule has 1 amide bonds. The van der Waals surface area contributed by atoms with Crippen LogP contribution in [0.5, 0.6) is 0 Å². The normalized spacial score (nSPS) is 39.4. The zero-order valence-corrected chi connectivity index (χ0v) is 41.9. The number of methoxy groups -OCH3 is 3. The molecule has 14 nitrogen and oxygen atoms in total. The molecule has 0 unspecified atom stereocenters. The summed E-state index contributed by atoms with van der Waals surface area (Å²) in [7, 11) is 4.61. The standard InChI is InChI=1S/C53H81NO13/c1-12-65-43-24-22-39(29-46(43)63-10)28-35(5)45-31-42(55)34(4)27-37(7)48(57)49(64-11)47(56)36(6)26-32(2)18-14-13-15-19-33(3)44(62-9)30-40-23-21-38(8)53(61,67-40)50(58)51(59)54-25-17-16-20-41(54)52(60)66-45/h12-15,18-19,27,32,34-36,38-41,43-46,48-49,57,61H,1,16-17,20-26,28-31H2,2-11H3/b15-13+,18-14+,33-19+,37-27+/t32-,34-,35-,36-,38-,39+,40+,41+,43-,44+,45+,46-,48-,49+,53-/m1/s1. The van der Waals surface area contributed by atoms with Gasteiger partial charge in [0, 0.05) is 58.5 Å². The lowest BCUT2D eigenvalue weighted by Gasteiger charge is -2.42. The fraction of sp³-hybridized carbons (Fsp3) is 0.717. The van der Waals surface area contributed by atoms with Crippen LogP contribution in [0.4, 0.5) is 0 Å². The lowest BCUT2D eigenvalue weighted by molar-refractivity contribution is -0.265. The van der Waals surface area contributed by atoms with E-state index in [9.17, 15) is 34.2 Å². The summed E-state index contributed by atoms with van der Waals surface area (Å²) in [6, 6.07) is -1.13. The van der Waals surface area contributed by atoms with Crippen LogP contribution in [0.1, 0.15) is 126 Å². The minimum atomic E-state index is -2.43. The molecule has 67 heavy (non-hydrogen) atoms. The maximum atomic E-state index is 14.4. The van der Waals surface area contributed by atoms with E-state index in [1.165, 1.54) is 18.3 Å². The number of esters is 1. The third kappa shape index (κ3) is 14.9. The number of Topliss-reactive ketones (excluding diaryl/α,β-unsaturated/α-hetero) is 3. The topological polar surface area (TPSA) is 184 Å². The lowest BCUT2D eigenvalue weighted by atomic mass is 9.78. The van der Waals surface area contributed by atoms with Crippen molar-refractivity contribution in [1.29, 1.82) is 0 Å². The highest BCUT2D eigenvalue weighted by Crippen LogP contribution is 2.38. The van der Waals surface area contributed by atoms with Gasteiger partial charge in [-0.15, -0.1) is 0 Å². The highest BCUT2D eigenvalue weighted by molar-refractivity contribution is 6.39. The molecular formula is C53H81NO13. The molecule has 1 aliphatic carbocycles. The van der Waals surface area contributed by atoms with Gasteiger partial charge in [0.15, 0.2) is 5.78 Å². The van der Waals surface area contributed by atoms with Crippen LogP contribution in [-0.2, 0) is 52.4 Å². The number of aliphatic hydroxyl groups is 2. The number of rotatable bonds is 8. The zero-order chi connectivity index (χ0) is 49.6. The first-order valence-corrected chi connectivity index (χ1v) is 24.5. The summed E-state index contributed by atoms with van der Waals surface area (Å²) in [5.41, 5.74) is 1.28. The molecule has 0 aromatic heterocycles. The number of amides is 1. The Kier molecular flexibility index (Phi) is 21.9. The maximum Gasteiger partial charge on any atom is 0.329 e. The predicted octanol–water partition coefficient (Wildman–Crippen LogP) is 7.35. The zero-order valence-electron chi connectivity index (χ0n) is 41.9. The van der Waals surface area contributed by atoms with Crippen molar-refractivity contribution in [2.75, 3.05) is 27.9 Å². The molecule has 15 atom stereocenters. The van der Waals surface area contributed by atoms with Crippen LogP contribution >= 0.6 is 0 Å². The van der Waals surface area contributed by atoms with Crippen LogP contribution < -0.4 is 0 Å². The molecule has 0 aromatic rings. The summed E-state index contributed by atoms with van der Waals surface area (Å²) in [5.74, 6) is -7.83. The smallest absolute Gasteiger partial charge is 0.329 e. The third-order valence-electron chi connectivity index (χ3n) is 14.7. The Balaban J connectivity index is 1.70. The Bertz CT molecular complexity index is 1820. The van der Waals surface area contributed by atoms with E-state index < -0.39 is 77.8 Å². The molecule has 4 rings (SSSR count). The summed E-state index contributed by atoms with van der Waals surface area (Å²) in [4.78, 5) is 72.1. The number of carbonyl (C=O) groups is 5. The van der Waals surface area contributed by atoms with E-state index in [0.717, 1.165) is 18.4 Å². The Hall–Kier alpha value is -3.79. The highest BCUT2D eigenvalue weighted by Gasteiger charge is 2.53. The van der Waals surface area contributed by atoms with Crippen molar-refractivity contribution in [3.63, 3.8) is 0 Å². The van der Waals surface area contributed by atoms with Gasteiger partial charge in [-0.3, -0.25) is 19.2 Å². The molecule has 3 heterocycles. The Morgan fingerprint density at radius 3 is 2.28 bits per heavy atom. The number of fused-ring (bicyclic) bond motifs is 3. The van der Waals surface area contributed by atoms with Crippen molar-refractivity contribution in [1.82, 2.24) is 4.90 Å². The molecule has 2 N–H and O–H groups in total. The number of hydrogen-bond donors (Lipinski definition) is 2. The Labute approximate surface area is 399 Å². The number of allylic oxidation sites excluding steroid dienone is 6. The second-order valence-electron chi connectivity index (χ2n) is 19.9. The van der Waals surface area contributed by atoms with Crippen LogP contribution in [0.25, 0.3) is 0 Å². The SMILES string of the molecule is C=CO[C@@H]1CC[C@@H](C[C@@H](C)[C@@H]2CC(=O)[C@H](C)/C=C(\C)[C@@H](O)[C@@H](OC)C(=O)[C@H](C)C[C@H](C)/C=C/C=C/C=C(\C)[C@@H](OC)C[C@@H]3CC[C@@H](C)[C@@](O)(O3)C(=O)C(=O)N3CCCC[C@H]3C(=O)O2)C[C@H]1OC. The quantitative estimate of drug-likeness (QED) is 0.107. The van der Waals surface area contributed by atoms with Crippen molar-refractivity contribution in [3.8, 4) is 0 Å². The van der Waals surface area contributed by atoms with E-state index in [-0.39, 0.29) is 60.9 Å². The first-order chi connectivity index (χ1) is 31.8. The summed E-state index contributed by atoms with van der Waals surface area (Å²) < 4.78 is 35.4. The number of carbonyl (C=O) groups excluding carboxylic acids is 5. The average molecular weight is 940 g/mol. The molecule has 3 fully saturated rings. The van der Waals surface area contributed by atoms with Crippen LogP contribution in [-0.4, -0.2) is 127 Å². The summed E-state index contributed by atoms with van der Waals surface area (Å²) in [5, 5.41) is 23.4. The Morgan fingerprint density at radius 1 is 0.881 bits per heavy atom. The fourth-order valence-electron chi connectivity index (χ4n) is 10.4. The monoisotopic (exact) mass is 940 g/mol. The van der Waals surface area contributed by atoms with Gasteiger partial charge in [-0.25, -0.2) is 4.79 Å². The number of ketones is 3. The lowest BCUT2D eigenvalue weighted by Crippen LogP contribution is -2.61. The number of hydrogen-bond acceptors (Lipinski definition) is 13. The van der Waals surface area contributed by atoms with E-state index in [1.54, 1.807) is 41.1 Å². The number of piperidine rings is 1. The van der Waals surface area contributed by atoms with E-state index >= 15 is 0 Å². The molecule has 0 aromatic carbocycles. The van der Waals surface area contributed by atoms with Crippen molar-refractivity contribution < 1.29 is 62.6 Å². The van der Waals surface area contributed by atoms with Gasteiger partial charge >= 0.3 is 5.97 Å². The van der Waals surface area contributed by atoms with Crippen molar-refractivity contribution in [3.05, 3.63) is 60.4 Å². The molecule has 3 aliphatic heterocycles. The second kappa shape index (κ2) is 26.3. The van der Waals surface area contributed by atoms with Gasteiger partial charge in [-0.2, -0.15) is 0 Å². The number of ether oxygens (including phenoxy) is 6. The van der Waals surface area contributed by atoms with Gasteiger partial charge in [-0.05, 0) is 107 Å². The van der Waals surface area contributed by atoms with Gasteiger partial charge in [0.2, 0.25) is 5.79 Å². The fourth-order valence-corrected chi connectivity index (χ4v) is 10.4. The molecule has 1 saturated carbocycles. The molecule has 14 heteroatoms. The van der Waals surface area contributed by atoms with E-state index in [0.29, 0.717) is 56.9 Å². The summed E-state index contributed by atoms with van der Waals surface area (Å²) >= 11 is 0. The summed E-state index contributed by atoms with van der Waals surface area (Å²) in [6.45, 7) is 16.5. The van der Waals surface area contributed by atoms with Crippen LogP contribution in [0, 0.1) is 35.5 Å². The van der Waals surface area contributed by atoms with Gasteiger partial charge in [0.25, 0.3) is 11.7 Å². The van der Waals surface area contributed by atoms with Crippen LogP contribution in [0.2, 0.25) is 0 Å². The first kappa shape index (κ1) is 55.8. The first-order valence-electron chi connectivity index (χ1n) is 24.5. The van der Waals surface area contributed by atoms with E-state index in [2.05, 4.69) is 6.58 Å². The van der Waals surface area contributed by atoms with Gasteiger partial charge < -0.3 is 43.5 Å². The molecule has 0 radical (unpaired) electrons. The van der Waals surface area contributed by atoms with Gasteiger partial charge in [-0.1, -0.05) is 77.7 Å². The number of nitrogens with zero attached hydrogens (tertiary/aromatic N) is 1. The molecule has 0 spiro atoms. The summed E-state index contributed by atoms with van der Waals surface area (Å²) in [6.07, 6.45) is 13.7. The van der Waals surface area contributed by atoms with Gasteiger partial charge in [0.05, 0.1) is 24.6 Å². The minimum Gasteiger partial charge on any atom is -0.496 e. The molecule has 4 aliphatic rings. The van der Waals surface area contributed by atoms with Crippen molar-refractivity contribution in [2.45, 2.75) is 180 Å². The van der Waals surface area contributed by atoms with Crippen molar-refractivity contribution >= 4 is 29.2 Å². The van der Waals surface area contributed by atoms with E-state index in [1.807, 2.05) is 58.1 Å². The van der Waals surface area contributed by atoms with E-state index in [4.69, 9.17) is 28.4 Å². The molecule has 2 bridgehead atoms. The van der Waals surface area contributed by atoms with Crippen molar-refractivity contribution in [2.24, 2.45) is 35.5 Å². The minimum absolute atomic E-state index is 0.0208. The molecule has 376 valence electrons. The average Bonchev–Trinajstić information content (AvgIpc) is 3.30. The third-order valence-corrected chi connectivity index (χ3v) is 14.7. The van der Waals surface area contributed by atoms with Crippen LogP contribution in [0.15, 0.2) is 60.4 Å². The highest BCUT2D eigenvalue weighted by atomic mass is 16.6.